The molecule has 1 saturated heterocycles. The second-order valence-corrected chi connectivity index (χ2v) is 6.85. The van der Waals surface area contributed by atoms with Gasteiger partial charge in [0.15, 0.2) is 5.17 Å². The van der Waals surface area contributed by atoms with Crippen molar-refractivity contribution in [3.05, 3.63) is 70.4 Å². The summed E-state index contributed by atoms with van der Waals surface area (Å²) in [7, 11) is 1.23. The molecule has 1 fully saturated rings. The highest BCUT2D eigenvalue weighted by Gasteiger charge is 2.24. The molecule has 1 aliphatic rings. The molecule has 2 aromatic carbocycles. The smallest absolute Gasteiger partial charge is 0.331 e. The van der Waals surface area contributed by atoms with E-state index >= 15 is 0 Å². The van der Waals surface area contributed by atoms with Crippen molar-refractivity contribution >= 4 is 35.0 Å². The second kappa shape index (κ2) is 8.62. The van der Waals surface area contributed by atoms with Crippen LogP contribution in [0.3, 0.4) is 0 Å². The topological polar surface area (TPSA) is 80.1 Å². The number of aryl methyl sites for hydroxylation is 1. The van der Waals surface area contributed by atoms with Gasteiger partial charge in [-0.15, -0.1) is 5.10 Å². The monoisotopic (exact) mass is 397 g/mol. The van der Waals surface area contributed by atoms with Crippen LogP contribution in [0.5, 0.6) is 0 Å². The van der Waals surface area contributed by atoms with Crippen LogP contribution in [0.25, 0.3) is 11.1 Å². The van der Waals surface area contributed by atoms with E-state index in [4.69, 9.17) is 0 Å². The van der Waals surface area contributed by atoms with Gasteiger partial charge in [0, 0.05) is 6.08 Å². The SMILES string of the molecule is COC(=O)/C=C1/S/C(=N\N=Cc2ccc(-c3ccc(F)cc3C)cc2)NC1=O. The Morgan fingerprint density at radius 2 is 1.96 bits per heavy atom. The zero-order valence-corrected chi connectivity index (χ0v) is 15.9. The Hall–Kier alpha value is -3.26. The first kappa shape index (κ1) is 19.5. The molecule has 0 spiro atoms. The molecule has 2 aromatic rings. The molecule has 0 aliphatic carbocycles. The van der Waals surface area contributed by atoms with Crippen molar-refractivity contribution in [2.75, 3.05) is 7.11 Å². The molecule has 1 aliphatic heterocycles. The van der Waals surface area contributed by atoms with Crippen LogP contribution in [0.15, 0.2) is 63.6 Å². The Morgan fingerprint density at radius 1 is 1.21 bits per heavy atom. The van der Waals surface area contributed by atoms with Crippen molar-refractivity contribution in [2.45, 2.75) is 6.92 Å². The lowest BCUT2D eigenvalue weighted by atomic mass is 9.99. The Morgan fingerprint density at radius 3 is 2.64 bits per heavy atom. The molecular formula is C20H16FN3O3S. The van der Waals surface area contributed by atoms with Gasteiger partial charge in [-0.2, -0.15) is 5.10 Å². The molecule has 1 N–H and O–H groups in total. The average molecular weight is 397 g/mol. The van der Waals surface area contributed by atoms with Gasteiger partial charge >= 0.3 is 5.97 Å². The highest BCUT2D eigenvalue weighted by atomic mass is 32.2. The molecule has 0 bridgehead atoms. The maximum absolute atomic E-state index is 13.2. The summed E-state index contributed by atoms with van der Waals surface area (Å²) in [5.41, 5.74) is 3.60. The Kier molecular flexibility index (Phi) is 6.00. The second-order valence-electron chi connectivity index (χ2n) is 5.82. The van der Waals surface area contributed by atoms with E-state index < -0.39 is 11.9 Å². The summed E-state index contributed by atoms with van der Waals surface area (Å²) in [4.78, 5) is 23.1. The number of amides is 1. The highest BCUT2D eigenvalue weighted by molar-refractivity contribution is 8.18. The summed E-state index contributed by atoms with van der Waals surface area (Å²) in [6.07, 6.45) is 2.64. The van der Waals surface area contributed by atoms with Crippen molar-refractivity contribution in [3.63, 3.8) is 0 Å². The van der Waals surface area contributed by atoms with E-state index in [1.807, 2.05) is 31.2 Å². The number of ether oxygens (including phenoxy) is 1. The van der Waals surface area contributed by atoms with Gasteiger partial charge in [-0.25, -0.2) is 9.18 Å². The molecule has 6 nitrogen and oxygen atoms in total. The molecule has 8 heteroatoms. The Bertz CT molecular complexity index is 1010. The molecule has 3 rings (SSSR count). The van der Waals surface area contributed by atoms with E-state index in [1.165, 1.54) is 19.2 Å². The first-order valence-electron chi connectivity index (χ1n) is 8.23. The summed E-state index contributed by atoms with van der Waals surface area (Å²) < 4.78 is 17.7. The van der Waals surface area contributed by atoms with Gasteiger partial charge in [0.05, 0.1) is 18.2 Å². The first-order valence-corrected chi connectivity index (χ1v) is 9.04. The van der Waals surface area contributed by atoms with Gasteiger partial charge in [0.1, 0.15) is 5.82 Å². The molecular weight excluding hydrogens is 381 g/mol. The van der Waals surface area contributed by atoms with Gasteiger partial charge in [0.25, 0.3) is 5.91 Å². The van der Waals surface area contributed by atoms with Crippen LogP contribution in [-0.2, 0) is 14.3 Å². The van der Waals surface area contributed by atoms with E-state index in [-0.39, 0.29) is 15.9 Å². The van der Waals surface area contributed by atoms with Crippen LogP contribution in [0.2, 0.25) is 0 Å². The lowest BCUT2D eigenvalue weighted by molar-refractivity contribution is -0.135. The molecule has 0 saturated carbocycles. The van der Waals surface area contributed by atoms with Crippen molar-refractivity contribution in [3.8, 4) is 11.1 Å². The van der Waals surface area contributed by atoms with Gasteiger partial charge in [-0.05, 0) is 53.1 Å². The van der Waals surface area contributed by atoms with Crippen LogP contribution in [-0.4, -0.2) is 30.4 Å². The lowest BCUT2D eigenvalue weighted by Gasteiger charge is -2.06. The van der Waals surface area contributed by atoms with Crippen LogP contribution in [0, 0.1) is 12.7 Å². The number of rotatable bonds is 4. The number of esters is 1. The third-order valence-corrected chi connectivity index (χ3v) is 4.77. The molecule has 1 heterocycles. The van der Waals surface area contributed by atoms with Crippen LogP contribution in [0.4, 0.5) is 4.39 Å². The van der Waals surface area contributed by atoms with E-state index in [9.17, 15) is 14.0 Å². The van der Waals surface area contributed by atoms with E-state index in [2.05, 4.69) is 20.3 Å². The fraction of sp³-hybridized carbons (Fsp3) is 0.100. The minimum atomic E-state index is -0.612. The minimum absolute atomic E-state index is 0.194. The summed E-state index contributed by atoms with van der Waals surface area (Å²) in [5.74, 6) is -1.30. The van der Waals surface area contributed by atoms with Crippen LogP contribution < -0.4 is 5.32 Å². The normalized spacial score (nSPS) is 16.8. The zero-order chi connectivity index (χ0) is 20.1. The van der Waals surface area contributed by atoms with E-state index in [1.54, 1.807) is 12.3 Å². The number of nitrogens with one attached hydrogen (secondary N) is 1. The van der Waals surface area contributed by atoms with Crippen molar-refractivity contribution in [2.24, 2.45) is 10.2 Å². The predicted octanol–water partition coefficient (Wildman–Crippen LogP) is 3.41. The zero-order valence-electron chi connectivity index (χ0n) is 15.1. The molecule has 142 valence electrons. The van der Waals surface area contributed by atoms with Crippen molar-refractivity contribution < 1.29 is 18.7 Å². The molecule has 0 atom stereocenters. The third kappa shape index (κ3) is 4.72. The number of thioether (sulfide) groups is 1. The maximum Gasteiger partial charge on any atom is 0.331 e. The van der Waals surface area contributed by atoms with Gasteiger partial charge in [-0.1, -0.05) is 30.3 Å². The number of carbonyl (C=O) groups excluding carboxylic acids is 2. The molecule has 0 unspecified atom stereocenters. The minimum Gasteiger partial charge on any atom is -0.466 e. The summed E-state index contributed by atoms with van der Waals surface area (Å²) in [6, 6.07) is 12.2. The fourth-order valence-corrected chi connectivity index (χ4v) is 3.23. The van der Waals surface area contributed by atoms with Gasteiger partial charge in [0.2, 0.25) is 0 Å². The number of carbonyl (C=O) groups is 2. The van der Waals surface area contributed by atoms with Crippen LogP contribution >= 0.6 is 11.8 Å². The van der Waals surface area contributed by atoms with Crippen molar-refractivity contribution in [1.29, 1.82) is 0 Å². The number of hydrogen-bond donors (Lipinski definition) is 1. The standard InChI is InChI=1S/C20H16FN3O3S/c1-12-9-15(21)7-8-16(12)14-5-3-13(4-6-14)11-22-24-20-23-19(26)17(28-20)10-18(25)27-2/h3-11H,1-2H3,(H,23,24,26)/b17-10+,22-11?. The largest absolute Gasteiger partial charge is 0.466 e. The quantitative estimate of drug-likeness (QED) is 0.371. The summed E-state index contributed by atoms with van der Waals surface area (Å²) in [6.45, 7) is 1.86. The van der Waals surface area contributed by atoms with E-state index in [0.29, 0.717) is 0 Å². The number of amidine groups is 1. The first-order chi connectivity index (χ1) is 13.5. The highest BCUT2D eigenvalue weighted by Crippen LogP contribution is 2.25. The average Bonchev–Trinajstić information content (AvgIpc) is 3.01. The molecule has 0 radical (unpaired) electrons. The summed E-state index contributed by atoms with van der Waals surface area (Å²) >= 11 is 1.01. The molecule has 1 amide bonds. The number of halogens is 1. The molecule has 0 aromatic heterocycles. The van der Waals surface area contributed by atoms with Crippen LogP contribution in [0.1, 0.15) is 11.1 Å². The lowest BCUT2D eigenvalue weighted by Crippen LogP contribution is -2.19. The summed E-state index contributed by atoms with van der Waals surface area (Å²) in [5, 5.41) is 10.7. The predicted molar refractivity (Wildman–Crippen MR) is 107 cm³/mol. The number of nitrogens with zero attached hydrogens (tertiary/aromatic N) is 2. The fourth-order valence-electron chi connectivity index (χ4n) is 2.49. The number of methoxy groups -OCH3 is 1. The van der Waals surface area contributed by atoms with Crippen molar-refractivity contribution in [1.82, 2.24) is 5.32 Å². The molecule has 28 heavy (non-hydrogen) atoms. The maximum atomic E-state index is 13.2. The third-order valence-electron chi connectivity index (χ3n) is 3.87. The Balaban J connectivity index is 1.68. The van der Waals surface area contributed by atoms with Gasteiger partial charge in [-0.3, -0.25) is 10.1 Å². The Labute approximate surface area is 165 Å². The van der Waals surface area contributed by atoms with Gasteiger partial charge < -0.3 is 4.74 Å². The van der Waals surface area contributed by atoms with E-state index in [0.717, 1.165) is 40.1 Å². The number of hydrogen-bond acceptors (Lipinski definition) is 6. The number of benzene rings is 2.